The lowest BCUT2D eigenvalue weighted by Gasteiger charge is -2.19. The Kier molecular flexibility index (Phi) is 5.78. The molecule has 1 aliphatic rings. The van der Waals surface area contributed by atoms with Crippen molar-refractivity contribution in [1.82, 2.24) is 14.2 Å². The van der Waals surface area contributed by atoms with Gasteiger partial charge in [-0.15, -0.1) is 11.3 Å². The molecule has 0 atom stereocenters. The fourth-order valence-electron chi connectivity index (χ4n) is 2.70. The van der Waals surface area contributed by atoms with Crippen molar-refractivity contribution in [1.29, 1.82) is 0 Å². The molecule has 0 bridgehead atoms. The monoisotopic (exact) mass is 363 g/mol. The van der Waals surface area contributed by atoms with Crippen LogP contribution in [0.2, 0.25) is 0 Å². The Morgan fingerprint density at radius 2 is 1.96 bits per heavy atom. The van der Waals surface area contributed by atoms with E-state index in [4.69, 9.17) is 0 Å². The average molecular weight is 364 g/mol. The zero-order chi connectivity index (χ0) is 16.8. The molecular formula is C17H21N3O2S2. The summed E-state index contributed by atoms with van der Waals surface area (Å²) in [5.74, 6) is 0. The van der Waals surface area contributed by atoms with Crippen molar-refractivity contribution in [2.75, 3.05) is 26.2 Å². The summed E-state index contributed by atoms with van der Waals surface area (Å²) in [4.78, 5) is 6.58. The zero-order valence-corrected chi connectivity index (χ0v) is 15.0. The Hall–Kier alpha value is -1.54. The molecule has 0 radical (unpaired) electrons. The summed E-state index contributed by atoms with van der Waals surface area (Å²) in [7, 11) is -3.38. The summed E-state index contributed by atoms with van der Waals surface area (Å²) in [6, 6.07) is 9.50. The second-order valence-corrected chi connectivity index (χ2v) is 8.51. The lowest BCUT2D eigenvalue weighted by molar-refractivity contribution is 0.278. The molecule has 0 aliphatic carbocycles. The highest BCUT2D eigenvalue weighted by Crippen LogP contribution is 2.14. The minimum atomic E-state index is -3.38. The van der Waals surface area contributed by atoms with Crippen LogP contribution >= 0.6 is 11.3 Å². The molecule has 5 nitrogen and oxygen atoms in total. The number of hydrogen-bond donors (Lipinski definition) is 0. The van der Waals surface area contributed by atoms with Crippen LogP contribution in [-0.4, -0.2) is 48.8 Å². The quantitative estimate of drug-likeness (QED) is 0.819. The Morgan fingerprint density at radius 3 is 2.71 bits per heavy atom. The van der Waals surface area contributed by atoms with Crippen LogP contribution in [0.4, 0.5) is 0 Å². The third-order valence-electron chi connectivity index (χ3n) is 3.98. The normalized spacial score (nSPS) is 18.0. The van der Waals surface area contributed by atoms with E-state index in [1.807, 2.05) is 41.9 Å². The van der Waals surface area contributed by atoms with E-state index in [2.05, 4.69) is 9.88 Å². The zero-order valence-electron chi connectivity index (χ0n) is 13.4. The maximum atomic E-state index is 12.5. The van der Waals surface area contributed by atoms with Gasteiger partial charge in [0.05, 0.1) is 6.54 Å². The Bertz CT molecular complexity index is 758. The highest BCUT2D eigenvalue weighted by atomic mass is 32.2. The van der Waals surface area contributed by atoms with Gasteiger partial charge in [0, 0.05) is 36.6 Å². The minimum absolute atomic E-state index is 0.521. The first kappa shape index (κ1) is 17.3. The Labute approximate surface area is 147 Å². The van der Waals surface area contributed by atoms with Crippen LogP contribution in [-0.2, 0) is 16.6 Å². The lowest BCUT2D eigenvalue weighted by atomic mass is 10.2. The average Bonchev–Trinajstić information content (AvgIpc) is 2.98. The largest absolute Gasteiger partial charge is 0.295 e. The summed E-state index contributed by atoms with van der Waals surface area (Å²) in [5, 5.41) is 4.37. The van der Waals surface area contributed by atoms with E-state index in [1.54, 1.807) is 21.7 Å². The molecule has 2 aromatic rings. The van der Waals surface area contributed by atoms with Crippen molar-refractivity contribution in [3.05, 3.63) is 57.9 Å². The van der Waals surface area contributed by atoms with Crippen molar-refractivity contribution < 1.29 is 8.42 Å². The van der Waals surface area contributed by atoms with Gasteiger partial charge in [-0.3, -0.25) is 4.90 Å². The SMILES string of the molecule is O=S(=O)(/C=C/c1ccccc1)N1CCCN(Cc2nccs2)CC1. The standard InChI is InChI=1S/C17H21N3O2S2/c21-24(22,14-7-16-5-2-1-3-6-16)20-10-4-9-19(11-12-20)15-17-18-8-13-23-17/h1-3,5-8,13-14H,4,9-12,15H2/b14-7+. The predicted molar refractivity (Wildman–Crippen MR) is 98.0 cm³/mol. The maximum Gasteiger partial charge on any atom is 0.236 e. The fourth-order valence-corrected chi connectivity index (χ4v) is 4.58. The van der Waals surface area contributed by atoms with Gasteiger partial charge in [-0.05, 0) is 24.6 Å². The molecular weight excluding hydrogens is 342 g/mol. The van der Waals surface area contributed by atoms with Crippen LogP contribution in [0.25, 0.3) is 6.08 Å². The van der Waals surface area contributed by atoms with E-state index in [1.165, 1.54) is 5.41 Å². The first-order valence-corrected chi connectivity index (χ1v) is 10.4. The Morgan fingerprint density at radius 1 is 1.12 bits per heavy atom. The fraction of sp³-hybridized carbons (Fsp3) is 0.353. The third-order valence-corrected chi connectivity index (χ3v) is 6.31. The summed E-state index contributed by atoms with van der Waals surface area (Å²) < 4.78 is 26.7. The van der Waals surface area contributed by atoms with Gasteiger partial charge in [-0.1, -0.05) is 30.3 Å². The number of rotatable bonds is 5. The maximum absolute atomic E-state index is 12.5. The lowest BCUT2D eigenvalue weighted by Crippen LogP contribution is -2.33. The molecule has 24 heavy (non-hydrogen) atoms. The molecule has 0 spiro atoms. The molecule has 1 aliphatic heterocycles. The first-order chi connectivity index (χ1) is 11.6. The van der Waals surface area contributed by atoms with Crippen LogP contribution < -0.4 is 0 Å². The summed E-state index contributed by atoms with van der Waals surface area (Å²) in [5.41, 5.74) is 0.890. The van der Waals surface area contributed by atoms with Crippen molar-refractivity contribution in [3.8, 4) is 0 Å². The van der Waals surface area contributed by atoms with E-state index in [-0.39, 0.29) is 0 Å². The minimum Gasteiger partial charge on any atom is -0.295 e. The summed E-state index contributed by atoms with van der Waals surface area (Å²) in [6.07, 6.45) is 4.31. The van der Waals surface area contributed by atoms with Crippen LogP contribution in [0, 0.1) is 0 Å². The van der Waals surface area contributed by atoms with Crippen molar-refractivity contribution in [3.63, 3.8) is 0 Å². The first-order valence-electron chi connectivity index (χ1n) is 7.97. The molecule has 0 unspecified atom stereocenters. The molecule has 1 aromatic heterocycles. The molecule has 7 heteroatoms. The molecule has 1 aromatic carbocycles. The number of thiazole rings is 1. The highest BCUT2D eigenvalue weighted by Gasteiger charge is 2.23. The van der Waals surface area contributed by atoms with E-state index in [0.29, 0.717) is 13.1 Å². The number of hydrogen-bond acceptors (Lipinski definition) is 5. The number of sulfonamides is 1. The molecule has 128 valence electrons. The summed E-state index contributed by atoms with van der Waals surface area (Å²) in [6.45, 7) is 3.51. The smallest absolute Gasteiger partial charge is 0.236 e. The molecule has 1 saturated heterocycles. The third kappa shape index (κ3) is 4.73. The van der Waals surface area contributed by atoms with E-state index >= 15 is 0 Å². The van der Waals surface area contributed by atoms with Crippen LogP contribution in [0.1, 0.15) is 17.0 Å². The number of nitrogens with zero attached hydrogens (tertiary/aromatic N) is 3. The molecule has 0 saturated carbocycles. The second-order valence-electron chi connectivity index (χ2n) is 5.71. The predicted octanol–water partition coefficient (Wildman–Crippen LogP) is 2.65. The van der Waals surface area contributed by atoms with Crippen LogP contribution in [0.3, 0.4) is 0 Å². The molecule has 0 N–H and O–H groups in total. The summed E-state index contributed by atoms with van der Waals surface area (Å²) >= 11 is 1.64. The molecule has 3 rings (SSSR count). The van der Waals surface area contributed by atoms with Gasteiger partial charge in [0.1, 0.15) is 5.01 Å². The van der Waals surface area contributed by atoms with Crippen LogP contribution in [0.5, 0.6) is 0 Å². The molecule has 1 fully saturated rings. The van der Waals surface area contributed by atoms with Gasteiger partial charge >= 0.3 is 0 Å². The highest BCUT2D eigenvalue weighted by molar-refractivity contribution is 7.92. The van der Waals surface area contributed by atoms with Gasteiger partial charge < -0.3 is 0 Å². The Balaban J connectivity index is 1.61. The van der Waals surface area contributed by atoms with E-state index < -0.39 is 10.0 Å². The van der Waals surface area contributed by atoms with Gasteiger partial charge in [0.15, 0.2) is 0 Å². The van der Waals surface area contributed by atoms with Crippen LogP contribution in [0.15, 0.2) is 47.3 Å². The number of aromatic nitrogens is 1. The van der Waals surface area contributed by atoms with Crippen molar-refractivity contribution >= 4 is 27.4 Å². The van der Waals surface area contributed by atoms with Gasteiger partial charge in [0.2, 0.25) is 10.0 Å². The van der Waals surface area contributed by atoms with Crippen molar-refractivity contribution in [2.24, 2.45) is 0 Å². The molecule has 0 amide bonds. The number of benzene rings is 1. The van der Waals surface area contributed by atoms with E-state index in [9.17, 15) is 8.42 Å². The van der Waals surface area contributed by atoms with Gasteiger partial charge in [-0.2, -0.15) is 4.31 Å². The van der Waals surface area contributed by atoms with E-state index in [0.717, 1.165) is 36.6 Å². The topological polar surface area (TPSA) is 53.5 Å². The van der Waals surface area contributed by atoms with Gasteiger partial charge in [-0.25, -0.2) is 13.4 Å². The van der Waals surface area contributed by atoms with Crippen molar-refractivity contribution in [2.45, 2.75) is 13.0 Å². The second kappa shape index (κ2) is 8.02. The van der Waals surface area contributed by atoms with Gasteiger partial charge in [0.25, 0.3) is 0 Å². The molecule has 2 heterocycles.